The zero-order valence-electron chi connectivity index (χ0n) is 11.0. The lowest BCUT2D eigenvalue weighted by Crippen LogP contribution is -2.11. The first kappa shape index (κ1) is 14.3. The van der Waals surface area contributed by atoms with Gasteiger partial charge in [0.2, 0.25) is 0 Å². The van der Waals surface area contributed by atoms with Crippen molar-refractivity contribution >= 4 is 57.5 Å². The van der Waals surface area contributed by atoms with Crippen molar-refractivity contribution in [3.63, 3.8) is 0 Å². The summed E-state index contributed by atoms with van der Waals surface area (Å²) in [5.74, 6) is 0.288. The van der Waals surface area contributed by atoms with Crippen LogP contribution in [0.3, 0.4) is 0 Å². The fraction of sp³-hybridized carbons (Fsp3) is 0.0714. The quantitative estimate of drug-likeness (QED) is 0.572. The molecule has 0 aliphatic rings. The lowest BCUT2D eigenvalue weighted by molar-refractivity contribution is 0.103. The number of halogens is 1. The number of fused-ring (bicyclic) bond motifs is 1. The lowest BCUT2D eigenvalue weighted by atomic mass is 10.3. The Bertz CT molecular complexity index is 819. The van der Waals surface area contributed by atoms with Gasteiger partial charge in [-0.2, -0.15) is 0 Å². The molecule has 7 heteroatoms. The van der Waals surface area contributed by atoms with E-state index in [1.54, 1.807) is 23.9 Å². The molecule has 4 nitrogen and oxygen atoms in total. The molecule has 106 valence electrons. The van der Waals surface area contributed by atoms with Gasteiger partial charge in [-0.1, -0.05) is 11.6 Å². The predicted molar refractivity (Wildman–Crippen MR) is 88.6 cm³/mol. The van der Waals surface area contributed by atoms with Gasteiger partial charge in [0.05, 0.1) is 9.09 Å². The van der Waals surface area contributed by atoms with Crippen molar-refractivity contribution in [2.24, 2.45) is 0 Å². The van der Waals surface area contributed by atoms with Crippen LogP contribution in [0.1, 0.15) is 9.67 Å². The number of carbonyl (C=O) groups excluding carboxylic acids is 1. The number of anilines is 1. The lowest BCUT2D eigenvalue weighted by Gasteiger charge is -2.04. The topological polar surface area (TPSA) is 54.9 Å². The van der Waals surface area contributed by atoms with Gasteiger partial charge in [0.15, 0.2) is 5.65 Å². The Kier molecular flexibility index (Phi) is 4.10. The Morgan fingerprint density at radius 1 is 1.19 bits per heavy atom. The third-order valence-corrected chi connectivity index (χ3v) is 5.14. The largest absolute Gasteiger partial charge is 0.306 e. The third-order valence-electron chi connectivity index (χ3n) is 2.77. The van der Waals surface area contributed by atoms with Gasteiger partial charge in [0.25, 0.3) is 5.91 Å². The van der Waals surface area contributed by atoms with Gasteiger partial charge in [0.1, 0.15) is 11.0 Å². The molecule has 1 N–H and O–H groups in total. The van der Waals surface area contributed by atoms with Gasteiger partial charge in [-0.05, 0) is 42.7 Å². The second-order valence-electron chi connectivity index (χ2n) is 4.15. The minimum Gasteiger partial charge on any atom is -0.306 e. The maximum Gasteiger partial charge on any atom is 0.266 e. The van der Waals surface area contributed by atoms with Gasteiger partial charge < -0.3 is 5.32 Å². The molecule has 0 fully saturated rings. The molecule has 0 atom stereocenters. The molecule has 1 amide bonds. The molecule has 0 bridgehead atoms. The van der Waals surface area contributed by atoms with Crippen LogP contribution in [0.5, 0.6) is 0 Å². The number of nitrogens with zero attached hydrogens (tertiary/aromatic N) is 2. The summed E-state index contributed by atoms with van der Waals surface area (Å²) in [5, 5.41) is 4.02. The van der Waals surface area contributed by atoms with Crippen LogP contribution in [0, 0.1) is 0 Å². The van der Waals surface area contributed by atoms with Crippen molar-refractivity contribution in [3.05, 3.63) is 46.4 Å². The molecule has 0 aliphatic heterocycles. The monoisotopic (exact) mass is 335 g/mol. The van der Waals surface area contributed by atoms with Gasteiger partial charge in [0, 0.05) is 5.39 Å². The number of hydrogen-bond acceptors (Lipinski definition) is 5. The number of aromatic nitrogens is 2. The summed E-state index contributed by atoms with van der Waals surface area (Å²) in [4.78, 5) is 21.2. The predicted octanol–water partition coefficient (Wildman–Crippen LogP) is 4.32. The fourth-order valence-corrected chi connectivity index (χ4v) is 3.36. The van der Waals surface area contributed by atoms with E-state index in [-0.39, 0.29) is 5.91 Å². The second kappa shape index (κ2) is 6.01. The fourth-order valence-electron chi connectivity index (χ4n) is 1.78. The standard InChI is InChI=1S/C14H10ClN3OS2/c1-20-12-7-4-9(21-12)14(19)18-11-6-3-8-2-5-10(15)16-13(8)17-11/h2-7H,1H3,(H,16,17,18,19). The SMILES string of the molecule is CSc1ccc(C(=O)Nc2ccc3ccc(Cl)nc3n2)s1. The van der Waals surface area contributed by atoms with Crippen LogP contribution in [0.25, 0.3) is 11.0 Å². The maximum atomic E-state index is 12.1. The first-order chi connectivity index (χ1) is 10.2. The minimum atomic E-state index is -0.172. The van der Waals surface area contributed by atoms with Crippen molar-refractivity contribution < 1.29 is 4.79 Å². The van der Waals surface area contributed by atoms with Crippen molar-refractivity contribution in [2.45, 2.75) is 4.21 Å². The van der Waals surface area contributed by atoms with E-state index in [2.05, 4.69) is 15.3 Å². The summed E-state index contributed by atoms with van der Waals surface area (Å²) in [6.45, 7) is 0. The second-order valence-corrected chi connectivity index (χ2v) is 6.73. The van der Waals surface area contributed by atoms with Crippen molar-refractivity contribution in [1.82, 2.24) is 9.97 Å². The van der Waals surface area contributed by atoms with E-state index >= 15 is 0 Å². The Labute approximate surface area is 134 Å². The molecule has 0 aromatic carbocycles. The first-order valence-electron chi connectivity index (χ1n) is 6.04. The van der Waals surface area contributed by atoms with E-state index in [1.807, 2.05) is 30.5 Å². The summed E-state index contributed by atoms with van der Waals surface area (Å²) < 4.78 is 1.10. The normalized spacial score (nSPS) is 10.8. The number of pyridine rings is 2. The number of carbonyl (C=O) groups is 1. The van der Waals surface area contributed by atoms with Crippen LogP contribution < -0.4 is 5.32 Å². The molecular formula is C14H10ClN3OS2. The molecule has 0 unspecified atom stereocenters. The van der Waals surface area contributed by atoms with Crippen molar-refractivity contribution in [3.8, 4) is 0 Å². The number of thiophene rings is 1. The molecule has 0 saturated carbocycles. The van der Waals surface area contributed by atoms with Crippen LogP contribution in [0.2, 0.25) is 5.15 Å². The van der Waals surface area contributed by atoms with Crippen LogP contribution >= 0.6 is 34.7 Å². The Morgan fingerprint density at radius 3 is 2.76 bits per heavy atom. The highest BCUT2D eigenvalue weighted by atomic mass is 35.5. The Hall–Kier alpha value is -1.63. The van der Waals surface area contributed by atoms with E-state index in [1.165, 1.54) is 11.3 Å². The Balaban J connectivity index is 1.85. The third kappa shape index (κ3) is 3.18. The summed E-state index contributed by atoms with van der Waals surface area (Å²) in [5.41, 5.74) is 0.510. The van der Waals surface area contributed by atoms with Crippen molar-refractivity contribution in [1.29, 1.82) is 0 Å². The molecule has 0 radical (unpaired) electrons. The number of nitrogens with one attached hydrogen (secondary N) is 1. The van der Waals surface area contributed by atoms with Gasteiger partial charge in [-0.15, -0.1) is 23.1 Å². The molecule has 0 spiro atoms. The average molecular weight is 336 g/mol. The zero-order valence-corrected chi connectivity index (χ0v) is 13.4. The number of hydrogen-bond donors (Lipinski definition) is 1. The van der Waals surface area contributed by atoms with E-state index < -0.39 is 0 Å². The number of rotatable bonds is 3. The number of amides is 1. The van der Waals surface area contributed by atoms with Crippen LogP contribution in [0.4, 0.5) is 5.82 Å². The molecule has 21 heavy (non-hydrogen) atoms. The first-order valence-corrected chi connectivity index (χ1v) is 8.46. The van der Waals surface area contributed by atoms with Crippen LogP contribution in [0.15, 0.2) is 40.6 Å². The summed E-state index contributed by atoms with van der Waals surface area (Å²) in [6.07, 6.45) is 1.98. The summed E-state index contributed by atoms with van der Waals surface area (Å²) in [6, 6.07) is 10.9. The summed E-state index contributed by atoms with van der Waals surface area (Å²) >= 11 is 8.92. The van der Waals surface area contributed by atoms with Crippen LogP contribution in [-0.2, 0) is 0 Å². The van der Waals surface area contributed by atoms with Gasteiger partial charge in [-0.3, -0.25) is 4.79 Å². The van der Waals surface area contributed by atoms with Gasteiger partial charge in [-0.25, -0.2) is 9.97 Å². The summed E-state index contributed by atoms with van der Waals surface area (Å²) in [7, 11) is 0. The highest BCUT2D eigenvalue weighted by molar-refractivity contribution is 8.00. The zero-order chi connectivity index (χ0) is 14.8. The molecule has 3 heterocycles. The highest BCUT2D eigenvalue weighted by Crippen LogP contribution is 2.25. The smallest absolute Gasteiger partial charge is 0.266 e. The van der Waals surface area contributed by atoms with Crippen molar-refractivity contribution in [2.75, 3.05) is 11.6 Å². The molecule has 3 rings (SSSR count). The van der Waals surface area contributed by atoms with E-state index in [0.29, 0.717) is 21.5 Å². The van der Waals surface area contributed by atoms with E-state index in [0.717, 1.165) is 9.60 Å². The van der Waals surface area contributed by atoms with E-state index in [4.69, 9.17) is 11.6 Å². The molecule has 0 saturated heterocycles. The van der Waals surface area contributed by atoms with Crippen LogP contribution in [-0.4, -0.2) is 22.1 Å². The average Bonchev–Trinajstić information content (AvgIpc) is 2.96. The molecule has 0 aliphatic carbocycles. The van der Waals surface area contributed by atoms with Gasteiger partial charge >= 0.3 is 0 Å². The maximum absolute atomic E-state index is 12.1. The molecular weight excluding hydrogens is 326 g/mol. The Morgan fingerprint density at radius 2 is 2.00 bits per heavy atom. The highest BCUT2D eigenvalue weighted by Gasteiger charge is 2.10. The molecule has 3 aromatic rings. The number of thioether (sulfide) groups is 1. The minimum absolute atomic E-state index is 0.172. The van der Waals surface area contributed by atoms with E-state index in [9.17, 15) is 4.79 Å². The molecule has 3 aromatic heterocycles.